The molecule has 2 rings (SSSR count). The lowest BCUT2D eigenvalue weighted by Crippen LogP contribution is -2.52. The maximum absolute atomic E-state index is 14.2. The van der Waals surface area contributed by atoms with Gasteiger partial charge in [-0.25, -0.2) is 4.39 Å². The van der Waals surface area contributed by atoms with Crippen LogP contribution in [-0.2, 0) is 22.6 Å². The summed E-state index contributed by atoms with van der Waals surface area (Å²) in [5, 5.41) is 3.46. The zero-order chi connectivity index (χ0) is 20.9. The van der Waals surface area contributed by atoms with Crippen LogP contribution >= 0.6 is 11.6 Å². The molecular formula is C22H26ClFN2O2. The topological polar surface area (TPSA) is 49.4 Å². The fourth-order valence-electron chi connectivity index (χ4n) is 2.75. The van der Waals surface area contributed by atoms with Gasteiger partial charge in [-0.15, -0.1) is 0 Å². The third kappa shape index (κ3) is 6.34. The molecule has 1 atom stereocenters. The summed E-state index contributed by atoms with van der Waals surface area (Å²) in [7, 11) is 0. The highest BCUT2D eigenvalue weighted by atomic mass is 35.5. The second-order valence-corrected chi connectivity index (χ2v) is 8.27. The standard InChI is InChI=1S/C22H26ClFN2O2/c1-15(21(28)25-22(2,3)4)26(14-17-7-5-6-8-19(17)24)20(27)13-16-9-11-18(23)12-10-16/h5-12,15H,13-14H2,1-4H3,(H,25,28)/t15-/m1/s1. The van der Waals surface area contributed by atoms with E-state index in [1.54, 1.807) is 49.4 Å². The van der Waals surface area contributed by atoms with Gasteiger partial charge in [-0.2, -0.15) is 0 Å². The number of nitrogens with one attached hydrogen (secondary N) is 1. The highest BCUT2D eigenvalue weighted by Crippen LogP contribution is 2.16. The Morgan fingerprint density at radius 3 is 2.29 bits per heavy atom. The van der Waals surface area contributed by atoms with Gasteiger partial charge in [0, 0.05) is 22.7 Å². The van der Waals surface area contributed by atoms with Crippen LogP contribution in [0.3, 0.4) is 0 Å². The smallest absolute Gasteiger partial charge is 0.242 e. The minimum atomic E-state index is -0.751. The van der Waals surface area contributed by atoms with Gasteiger partial charge in [-0.3, -0.25) is 9.59 Å². The number of amides is 2. The fraction of sp³-hybridized carbons (Fsp3) is 0.364. The van der Waals surface area contributed by atoms with Crippen molar-refractivity contribution in [2.75, 3.05) is 0 Å². The van der Waals surface area contributed by atoms with E-state index in [9.17, 15) is 14.0 Å². The number of hydrogen-bond donors (Lipinski definition) is 1. The molecule has 0 bridgehead atoms. The van der Waals surface area contributed by atoms with Crippen molar-refractivity contribution in [1.29, 1.82) is 0 Å². The molecule has 0 aliphatic carbocycles. The van der Waals surface area contributed by atoms with Crippen LogP contribution in [0, 0.1) is 5.82 Å². The van der Waals surface area contributed by atoms with E-state index in [4.69, 9.17) is 11.6 Å². The zero-order valence-electron chi connectivity index (χ0n) is 16.6. The van der Waals surface area contributed by atoms with Crippen LogP contribution < -0.4 is 5.32 Å². The molecule has 0 aliphatic rings. The summed E-state index contributed by atoms with van der Waals surface area (Å²) in [6.07, 6.45) is 0.0960. The molecule has 1 N–H and O–H groups in total. The molecule has 2 aromatic rings. The lowest BCUT2D eigenvalue weighted by Gasteiger charge is -2.31. The Morgan fingerprint density at radius 1 is 1.11 bits per heavy atom. The fourth-order valence-corrected chi connectivity index (χ4v) is 2.87. The van der Waals surface area contributed by atoms with Gasteiger partial charge in [0.05, 0.1) is 6.42 Å². The van der Waals surface area contributed by atoms with E-state index in [0.717, 1.165) is 5.56 Å². The average Bonchev–Trinajstić information content (AvgIpc) is 2.61. The summed E-state index contributed by atoms with van der Waals surface area (Å²) in [4.78, 5) is 27.1. The van der Waals surface area contributed by atoms with Gasteiger partial charge in [0.1, 0.15) is 11.9 Å². The van der Waals surface area contributed by atoms with E-state index in [1.165, 1.54) is 11.0 Å². The molecule has 0 spiro atoms. The summed E-state index contributed by atoms with van der Waals surface area (Å²) in [6, 6.07) is 12.5. The average molecular weight is 405 g/mol. The lowest BCUT2D eigenvalue weighted by molar-refractivity contribution is -0.140. The molecule has 2 amide bonds. The predicted octanol–water partition coefficient (Wildman–Crippen LogP) is 4.35. The largest absolute Gasteiger partial charge is 0.350 e. The van der Waals surface area contributed by atoms with Crippen LogP contribution in [0.2, 0.25) is 5.02 Å². The van der Waals surface area contributed by atoms with Crippen molar-refractivity contribution in [2.45, 2.75) is 52.2 Å². The van der Waals surface area contributed by atoms with Crippen LogP contribution in [0.15, 0.2) is 48.5 Å². The predicted molar refractivity (Wildman–Crippen MR) is 109 cm³/mol. The zero-order valence-corrected chi connectivity index (χ0v) is 17.4. The number of benzene rings is 2. The number of carbonyl (C=O) groups is 2. The first-order chi connectivity index (χ1) is 13.1. The van der Waals surface area contributed by atoms with Gasteiger partial charge < -0.3 is 10.2 Å². The first-order valence-corrected chi connectivity index (χ1v) is 9.54. The summed E-state index contributed by atoms with van der Waals surface area (Å²) in [5.74, 6) is -0.953. The second-order valence-electron chi connectivity index (χ2n) is 7.83. The lowest BCUT2D eigenvalue weighted by atomic mass is 10.1. The molecular weight excluding hydrogens is 379 g/mol. The van der Waals surface area contributed by atoms with Gasteiger partial charge in [-0.05, 0) is 51.5 Å². The summed E-state index contributed by atoms with van der Waals surface area (Å²) >= 11 is 5.90. The maximum Gasteiger partial charge on any atom is 0.242 e. The van der Waals surface area contributed by atoms with Crippen molar-refractivity contribution in [3.63, 3.8) is 0 Å². The summed E-state index contributed by atoms with van der Waals surface area (Å²) in [6.45, 7) is 7.27. The van der Waals surface area contributed by atoms with Crippen molar-refractivity contribution in [3.05, 3.63) is 70.5 Å². The van der Waals surface area contributed by atoms with Gasteiger partial charge in [-0.1, -0.05) is 41.9 Å². The van der Waals surface area contributed by atoms with Crippen molar-refractivity contribution in [1.82, 2.24) is 10.2 Å². The van der Waals surface area contributed by atoms with E-state index >= 15 is 0 Å². The summed E-state index contributed by atoms with van der Waals surface area (Å²) in [5.41, 5.74) is 0.701. The van der Waals surface area contributed by atoms with Gasteiger partial charge in [0.2, 0.25) is 11.8 Å². The molecule has 0 radical (unpaired) electrons. The van der Waals surface area contributed by atoms with E-state index < -0.39 is 17.4 Å². The summed E-state index contributed by atoms with van der Waals surface area (Å²) < 4.78 is 14.2. The normalized spacial score (nSPS) is 12.4. The molecule has 0 heterocycles. The molecule has 2 aromatic carbocycles. The molecule has 0 unspecified atom stereocenters. The van der Waals surface area contributed by atoms with Crippen molar-refractivity contribution in [2.24, 2.45) is 0 Å². The molecule has 0 saturated heterocycles. The monoisotopic (exact) mass is 404 g/mol. The van der Waals surface area contributed by atoms with Crippen LogP contribution in [0.5, 0.6) is 0 Å². The van der Waals surface area contributed by atoms with Crippen molar-refractivity contribution >= 4 is 23.4 Å². The molecule has 6 heteroatoms. The van der Waals surface area contributed by atoms with E-state index in [-0.39, 0.29) is 24.8 Å². The van der Waals surface area contributed by atoms with Gasteiger partial charge in [0.15, 0.2) is 0 Å². The molecule has 4 nitrogen and oxygen atoms in total. The highest BCUT2D eigenvalue weighted by Gasteiger charge is 2.28. The quantitative estimate of drug-likeness (QED) is 0.777. The molecule has 28 heavy (non-hydrogen) atoms. The second kappa shape index (κ2) is 9.20. The first kappa shape index (κ1) is 21.9. The minimum Gasteiger partial charge on any atom is -0.350 e. The van der Waals surface area contributed by atoms with Crippen LogP contribution in [0.1, 0.15) is 38.8 Å². The molecule has 0 aliphatic heterocycles. The van der Waals surface area contributed by atoms with Crippen LogP contribution in [0.25, 0.3) is 0 Å². The third-order valence-electron chi connectivity index (χ3n) is 4.23. The first-order valence-electron chi connectivity index (χ1n) is 9.16. The van der Waals surface area contributed by atoms with Crippen LogP contribution in [0.4, 0.5) is 4.39 Å². The third-order valence-corrected chi connectivity index (χ3v) is 4.48. The number of nitrogens with zero attached hydrogens (tertiary/aromatic N) is 1. The Labute approximate surface area is 170 Å². The Hall–Kier alpha value is -2.40. The van der Waals surface area contributed by atoms with Crippen molar-refractivity contribution < 1.29 is 14.0 Å². The van der Waals surface area contributed by atoms with E-state index in [0.29, 0.717) is 10.6 Å². The van der Waals surface area contributed by atoms with Crippen molar-refractivity contribution in [3.8, 4) is 0 Å². The minimum absolute atomic E-state index is 0.0117. The molecule has 0 fully saturated rings. The molecule has 0 aromatic heterocycles. The molecule has 150 valence electrons. The van der Waals surface area contributed by atoms with E-state index in [2.05, 4.69) is 5.32 Å². The number of rotatable bonds is 6. The Kier molecular flexibility index (Phi) is 7.19. The Morgan fingerprint density at radius 2 is 1.71 bits per heavy atom. The van der Waals surface area contributed by atoms with Crippen LogP contribution in [-0.4, -0.2) is 28.3 Å². The number of halogens is 2. The Bertz CT molecular complexity index is 831. The van der Waals surface area contributed by atoms with E-state index in [1.807, 2.05) is 20.8 Å². The molecule has 0 saturated carbocycles. The highest BCUT2D eigenvalue weighted by molar-refractivity contribution is 6.30. The number of carbonyl (C=O) groups excluding carboxylic acids is 2. The maximum atomic E-state index is 14.2. The Balaban J connectivity index is 2.26. The van der Waals surface area contributed by atoms with Gasteiger partial charge in [0.25, 0.3) is 0 Å². The van der Waals surface area contributed by atoms with Gasteiger partial charge >= 0.3 is 0 Å². The SMILES string of the molecule is C[C@H](C(=O)NC(C)(C)C)N(Cc1ccccc1F)C(=O)Cc1ccc(Cl)cc1. The number of hydrogen-bond acceptors (Lipinski definition) is 2.